The highest BCUT2D eigenvalue weighted by molar-refractivity contribution is 8.14. The SMILES string of the molecule is Cc1cc(S(=O)(=O)NC#N)c(S/C(=N\Nc2ccc([N+](=O)[O-])cc2)c2ccc(Cl)cc2)cc1Cl. The van der Waals surface area contributed by atoms with Gasteiger partial charge in [0, 0.05) is 32.6 Å². The van der Waals surface area contributed by atoms with Gasteiger partial charge in [0.1, 0.15) is 9.94 Å². The predicted octanol–water partition coefficient (Wildman–Crippen LogP) is 5.54. The zero-order valence-corrected chi connectivity index (χ0v) is 20.5. The first-order valence-electron chi connectivity index (χ1n) is 9.33. The second-order valence-corrected chi connectivity index (χ2v) is 10.2. The van der Waals surface area contributed by atoms with Gasteiger partial charge in [-0.1, -0.05) is 47.1 Å². The van der Waals surface area contributed by atoms with Crippen LogP contribution < -0.4 is 10.1 Å². The van der Waals surface area contributed by atoms with E-state index in [4.69, 9.17) is 28.5 Å². The lowest BCUT2D eigenvalue weighted by Gasteiger charge is -2.13. The van der Waals surface area contributed by atoms with Gasteiger partial charge in [-0.15, -0.1) is 0 Å². The number of hydrogen-bond acceptors (Lipinski definition) is 8. The van der Waals surface area contributed by atoms with Gasteiger partial charge in [-0.3, -0.25) is 15.5 Å². The Balaban J connectivity index is 2.05. The van der Waals surface area contributed by atoms with Crippen LogP contribution in [0.4, 0.5) is 11.4 Å². The van der Waals surface area contributed by atoms with Crippen molar-refractivity contribution in [1.82, 2.24) is 4.72 Å². The summed E-state index contributed by atoms with van der Waals surface area (Å²) >= 11 is 13.3. The number of rotatable bonds is 7. The third-order valence-electron chi connectivity index (χ3n) is 4.36. The number of nitro benzene ring substituents is 1. The third-order valence-corrected chi connectivity index (χ3v) is 7.50. The molecule has 174 valence electrons. The Labute approximate surface area is 209 Å². The Morgan fingerprint density at radius 2 is 1.76 bits per heavy atom. The normalized spacial score (nSPS) is 11.5. The van der Waals surface area contributed by atoms with Gasteiger partial charge in [0.05, 0.1) is 10.6 Å². The second-order valence-electron chi connectivity index (χ2n) is 6.71. The molecule has 0 unspecified atom stereocenters. The fraction of sp³-hybridized carbons (Fsp3) is 0.0476. The Kier molecular flexibility index (Phi) is 8.01. The van der Waals surface area contributed by atoms with Gasteiger partial charge in [0.2, 0.25) is 0 Å². The number of non-ortho nitro benzene ring substituents is 1. The van der Waals surface area contributed by atoms with Crippen LogP contribution in [0.15, 0.2) is 75.6 Å². The summed E-state index contributed by atoms with van der Waals surface area (Å²) in [6.45, 7) is 1.65. The van der Waals surface area contributed by atoms with Crippen LogP contribution in [0.5, 0.6) is 0 Å². The largest absolute Gasteiger partial charge is 0.277 e. The summed E-state index contributed by atoms with van der Waals surface area (Å²) in [5, 5.41) is 25.3. The van der Waals surface area contributed by atoms with E-state index in [2.05, 4.69) is 10.5 Å². The zero-order valence-electron chi connectivity index (χ0n) is 17.3. The Bertz CT molecular complexity index is 1400. The average Bonchev–Trinajstić information content (AvgIpc) is 2.79. The molecule has 3 aromatic carbocycles. The summed E-state index contributed by atoms with van der Waals surface area (Å²) < 4.78 is 27.1. The number of nitro groups is 1. The van der Waals surface area contributed by atoms with Crippen molar-refractivity contribution in [3.8, 4) is 6.19 Å². The molecule has 0 fully saturated rings. The summed E-state index contributed by atoms with van der Waals surface area (Å²) in [5.74, 6) is 0. The molecule has 34 heavy (non-hydrogen) atoms. The summed E-state index contributed by atoms with van der Waals surface area (Å²) in [7, 11) is -4.15. The minimum atomic E-state index is -4.15. The molecule has 0 atom stereocenters. The molecular weight excluding hydrogens is 521 g/mol. The topological polar surface area (TPSA) is 137 Å². The number of halogens is 2. The molecular formula is C21H15Cl2N5O4S2. The lowest BCUT2D eigenvalue weighted by atomic mass is 10.2. The van der Waals surface area contributed by atoms with Crippen LogP contribution in [0.2, 0.25) is 10.0 Å². The molecule has 0 bridgehead atoms. The van der Waals surface area contributed by atoms with E-state index >= 15 is 0 Å². The maximum atomic E-state index is 12.6. The van der Waals surface area contributed by atoms with Crippen LogP contribution >= 0.6 is 35.0 Å². The van der Waals surface area contributed by atoms with E-state index in [1.54, 1.807) is 31.2 Å². The molecule has 13 heteroatoms. The monoisotopic (exact) mass is 535 g/mol. The van der Waals surface area contributed by atoms with Gasteiger partial charge in [-0.05, 0) is 48.9 Å². The van der Waals surface area contributed by atoms with Crippen LogP contribution in [-0.2, 0) is 10.0 Å². The van der Waals surface area contributed by atoms with Crippen molar-refractivity contribution in [1.29, 1.82) is 5.26 Å². The molecule has 0 aliphatic rings. The first-order chi connectivity index (χ1) is 16.1. The van der Waals surface area contributed by atoms with Gasteiger partial charge in [0.25, 0.3) is 15.7 Å². The van der Waals surface area contributed by atoms with Gasteiger partial charge in [0.15, 0.2) is 6.19 Å². The lowest BCUT2D eigenvalue weighted by Crippen LogP contribution is -2.19. The summed E-state index contributed by atoms with van der Waals surface area (Å²) in [6, 6.07) is 15.2. The first-order valence-corrected chi connectivity index (χ1v) is 12.4. The van der Waals surface area contributed by atoms with E-state index in [-0.39, 0.29) is 15.5 Å². The summed E-state index contributed by atoms with van der Waals surface area (Å²) in [5.41, 5.74) is 4.33. The number of nitrogens with zero attached hydrogens (tertiary/aromatic N) is 3. The molecule has 2 N–H and O–H groups in total. The number of thioether (sulfide) groups is 1. The number of nitrogens with one attached hydrogen (secondary N) is 2. The van der Waals surface area contributed by atoms with Crippen LogP contribution in [0.1, 0.15) is 11.1 Å². The molecule has 0 saturated carbocycles. The zero-order chi connectivity index (χ0) is 24.9. The smallest absolute Gasteiger partial charge is 0.271 e. The van der Waals surface area contributed by atoms with E-state index in [1.807, 2.05) is 4.72 Å². The third kappa shape index (κ3) is 6.18. The van der Waals surface area contributed by atoms with E-state index in [0.717, 1.165) is 11.8 Å². The van der Waals surface area contributed by atoms with Gasteiger partial charge in [-0.2, -0.15) is 10.4 Å². The molecule has 3 aromatic rings. The molecule has 3 rings (SSSR count). The van der Waals surface area contributed by atoms with Gasteiger partial charge in [-0.25, -0.2) is 13.1 Å². The van der Waals surface area contributed by atoms with E-state index in [1.165, 1.54) is 42.6 Å². The molecule has 0 amide bonds. The molecule has 0 radical (unpaired) electrons. The molecule has 0 aliphatic heterocycles. The van der Waals surface area contributed by atoms with Crippen molar-refractivity contribution in [2.75, 3.05) is 5.43 Å². The first kappa shape index (κ1) is 25.3. The maximum Gasteiger partial charge on any atom is 0.271 e. The maximum absolute atomic E-state index is 12.6. The Hall–Kier alpha value is -3.30. The van der Waals surface area contributed by atoms with Crippen LogP contribution in [0.25, 0.3) is 0 Å². The van der Waals surface area contributed by atoms with Crippen molar-refractivity contribution in [2.24, 2.45) is 5.10 Å². The highest BCUT2D eigenvalue weighted by Crippen LogP contribution is 2.34. The number of nitriles is 1. The van der Waals surface area contributed by atoms with E-state index < -0.39 is 14.9 Å². The minimum absolute atomic E-state index is 0.0732. The molecule has 0 saturated heterocycles. The lowest BCUT2D eigenvalue weighted by molar-refractivity contribution is -0.384. The van der Waals surface area contributed by atoms with Crippen molar-refractivity contribution < 1.29 is 13.3 Å². The van der Waals surface area contributed by atoms with Crippen molar-refractivity contribution in [2.45, 2.75) is 16.7 Å². The minimum Gasteiger partial charge on any atom is -0.277 e. The number of benzene rings is 3. The van der Waals surface area contributed by atoms with Gasteiger partial charge >= 0.3 is 0 Å². The highest BCUT2D eigenvalue weighted by atomic mass is 35.5. The van der Waals surface area contributed by atoms with E-state index in [9.17, 15) is 18.5 Å². The van der Waals surface area contributed by atoms with Crippen LogP contribution in [-0.4, -0.2) is 18.4 Å². The van der Waals surface area contributed by atoms with Crippen molar-refractivity contribution >= 4 is 61.4 Å². The molecule has 0 heterocycles. The quantitative estimate of drug-likeness (QED) is 0.0770. The standard InChI is InChI=1S/C21H15Cl2N5O4S2/c1-13-10-20(34(31,32)25-12-24)19(11-18(13)23)33-21(14-2-4-15(22)5-3-14)27-26-16-6-8-17(9-7-16)28(29)30/h2-11,25-26H,1H3/b27-21-. The predicted molar refractivity (Wildman–Crippen MR) is 133 cm³/mol. The second kappa shape index (κ2) is 10.8. The number of hydrogen-bond donors (Lipinski definition) is 2. The van der Waals surface area contributed by atoms with Crippen molar-refractivity contribution in [3.05, 3.63) is 92.0 Å². The molecule has 0 aromatic heterocycles. The summed E-state index contributed by atoms with van der Waals surface area (Å²) in [4.78, 5) is 10.4. The highest BCUT2D eigenvalue weighted by Gasteiger charge is 2.22. The van der Waals surface area contributed by atoms with Gasteiger partial charge < -0.3 is 0 Å². The molecule has 0 spiro atoms. The van der Waals surface area contributed by atoms with E-state index in [0.29, 0.717) is 31.9 Å². The number of sulfonamides is 1. The van der Waals surface area contributed by atoms with Crippen molar-refractivity contribution in [3.63, 3.8) is 0 Å². The average molecular weight is 536 g/mol. The fourth-order valence-electron chi connectivity index (χ4n) is 2.66. The fourth-order valence-corrected chi connectivity index (χ4v) is 5.24. The number of aryl methyl sites for hydroxylation is 1. The summed E-state index contributed by atoms with van der Waals surface area (Å²) in [6.07, 6.45) is 1.43. The van der Waals surface area contributed by atoms with Crippen LogP contribution in [0, 0.1) is 28.5 Å². The number of anilines is 1. The van der Waals surface area contributed by atoms with Crippen LogP contribution in [0.3, 0.4) is 0 Å². The molecule has 9 nitrogen and oxygen atoms in total. The Morgan fingerprint density at radius 1 is 1.12 bits per heavy atom. The number of hydrazone groups is 1. The Morgan fingerprint density at radius 3 is 2.35 bits per heavy atom. The molecule has 0 aliphatic carbocycles.